The Morgan fingerprint density at radius 3 is 2.65 bits per heavy atom. The third-order valence-corrected chi connectivity index (χ3v) is 3.42. The molecular weight excluding hydrogens is 276 g/mol. The minimum absolute atomic E-state index is 0.0423. The third-order valence-electron chi connectivity index (χ3n) is 3.16. The molecule has 1 aliphatic carbocycles. The Hall–Kier alpha value is -1.87. The molecule has 3 nitrogen and oxygen atoms in total. The average Bonchev–Trinajstić information content (AvgIpc) is 2.44. The van der Waals surface area contributed by atoms with Crippen LogP contribution in [0.15, 0.2) is 48.0 Å². The van der Waals surface area contributed by atoms with E-state index in [2.05, 4.69) is 6.58 Å². The Morgan fingerprint density at radius 2 is 2.05 bits per heavy atom. The Morgan fingerprint density at radius 1 is 1.35 bits per heavy atom. The van der Waals surface area contributed by atoms with E-state index in [-0.39, 0.29) is 24.3 Å². The van der Waals surface area contributed by atoms with Crippen LogP contribution in [0.25, 0.3) is 0 Å². The zero-order chi connectivity index (χ0) is 14.5. The van der Waals surface area contributed by atoms with Gasteiger partial charge in [-0.1, -0.05) is 36.4 Å². The fourth-order valence-corrected chi connectivity index (χ4v) is 2.50. The first-order valence-electron chi connectivity index (χ1n) is 6.37. The topological polar surface area (TPSA) is 43.4 Å². The molecule has 1 unspecified atom stereocenters. The van der Waals surface area contributed by atoms with Gasteiger partial charge in [0.15, 0.2) is 5.78 Å². The van der Waals surface area contributed by atoms with Gasteiger partial charge in [0.1, 0.15) is 6.61 Å². The van der Waals surface area contributed by atoms with E-state index in [9.17, 15) is 9.59 Å². The lowest BCUT2D eigenvalue weighted by Gasteiger charge is -2.19. The van der Waals surface area contributed by atoms with Crippen LogP contribution in [0.4, 0.5) is 0 Å². The van der Waals surface area contributed by atoms with E-state index in [1.807, 2.05) is 12.1 Å². The third kappa shape index (κ3) is 3.58. The van der Waals surface area contributed by atoms with Crippen molar-refractivity contribution in [2.24, 2.45) is 0 Å². The molecule has 0 aromatic heterocycles. The molecule has 0 bridgehead atoms. The molecule has 2 rings (SSSR count). The second-order valence-corrected chi connectivity index (χ2v) is 5.16. The molecular formula is C16H15ClO3. The summed E-state index contributed by atoms with van der Waals surface area (Å²) < 4.78 is 4.96. The van der Waals surface area contributed by atoms with Crippen molar-refractivity contribution in [3.05, 3.63) is 59.2 Å². The van der Waals surface area contributed by atoms with E-state index in [1.54, 1.807) is 12.1 Å². The SMILES string of the molecule is C=CCOC(=O)c1ccc(C2CC(=O)C=C(Cl)C2)cc1. The number of ether oxygens (including phenoxy) is 1. The lowest BCUT2D eigenvalue weighted by atomic mass is 9.87. The molecule has 0 fully saturated rings. The Balaban J connectivity index is 2.08. The largest absolute Gasteiger partial charge is 0.458 e. The molecule has 0 radical (unpaired) electrons. The quantitative estimate of drug-likeness (QED) is 0.628. The Bertz CT molecular complexity index is 558. The van der Waals surface area contributed by atoms with Crippen molar-refractivity contribution in [1.29, 1.82) is 0 Å². The molecule has 0 saturated carbocycles. The molecule has 1 aromatic carbocycles. The molecule has 1 atom stereocenters. The predicted molar refractivity (Wildman–Crippen MR) is 77.8 cm³/mol. The second-order valence-electron chi connectivity index (χ2n) is 4.67. The zero-order valence-electron chi connectivity index (χ0n) is 11.0. The number of carbonyl (C=O) groups excluding carboxylic acids is 2. The second kappa shape index (κ2) is 6.53. The van der Waals surface area contributed by atoms with Gasteiger partial charge in [-0.15, -0.1) is 0 Å². The van der Waals surface area contributed by atoms with Crippen molar-refractivity contribution in [3.8, 4) is 0 Å². The molecule has 104 valence electrons. The highest BCUT2D eigenvalue weighted by atomic mass is 35.5. The lowest BCUT2D eigenvalue weighted by Crippen LogP contribution is -2.11. The highest BCUT2D eigenvalue weighted by Gasteiger charge is 2.21. The number of hydrogen-bond acceptors (Lipinski definition) is 3. The molecule has 1 aromatic rings. The lowest BCUT2D eigenvalue weighted by molar-refractivity contribution is -0.115. The van der Waals surface area contributed by atoms with E-state index in [0.717, 1.165) is 5.56 Å². The summed E-state index contributed by atoms with van der Waals surface area (Å²) in [5, 5.41) is 0.584. The fourth-order valence-electron chi connectivity index (χ4n) is 2.19. The maximum Gasteiger partial charge on any atom is 0.338 e. The van der Waals surface area contributed by atoms with E-state index in [0.29, 0.717) is 23.4 Å². The number of carbonyl (C=O) groups is 2. The van der Waals surface area contributed by atoms with Gasteiger partial charge in [0, 0.05) is 11.5 Å². The predicted octanol–water partition coefficient (Wildman–Crippen LogP) is 3.60. The fraction of sp³-hybridized carbons (Fsp3) is 0.250. The van der Waals surface area contributed by atoms with Gasteiger partial charge in [0.25, 0.3) is 0 Å². The van der Waals surface area contributed by atoms with Crippen LogP contribution >= 0.6 is 11.6 Å². The van der Waals surface area contributed by atoms with E-state index < -0.39 is 0 Å². The maximum atomic E-state index is 11.6. The number of hydrogen-bond donors (Lipinski definition) is 0. The van der Waals surface area contributed by atoms with Crippen LogP contribution in [0.5, 0.6) is 0 Å². The first kappa shape index (κ1) is 14.5. The van der Waals surface area contributed by atoms with Crippen LogP contribution in [0.1, 0.15) is 34.7 Å². The zero-order valence-corrected chi connectivity index (χ0v) is 11.7. The van der Waals surface area contributed by atoms with Gasteiger partial charge in [0.05, 0.1) is 5.56 Å². The molecule has 0 heterocycles. The molecule has 0 N–H and O–H groups in total. The van der Waals surface area contributed by atoms with Crippen molar-refractivity contribution in [2.45, 2.75) is 18.8 Å². The summed E-state index contributed by atoms with van der Waals surface area (Å²) in [4.78, 5) is 23.1. The van der Waals surface area contributed by atoms with Crippen molar-refractivity contribution < 1.29 is 14.3 Å². The van der Waals surface area contributed by atoms with Crippen molar-refractivity contribution >= 4 is 23.4 Å². The van der Waals surface area contributed by atoms with Crippen molar-refractivity contribution in [1.82, 2.24) is 0 Å². The number of halogens is 1. The standard InChI is InChI=1S/C16H15ClO3/c1-2-7-20-16(19)12-5-3-11(4-6-12)13-8-14(17)10-15(18)9-13/h2-6,10,13H,1,7-9H2. The van der Waals surface area contributed by atoms with Crippen LogP contribution in [0.2, 0.25) is 0 Å². The summed E-state index contributed by atoms with van der Waals surface area (Å²) in [5.41, 5.74) is 1.49. The highest BCUT2D eigenvalue weighted by Crippen LogP contribution is 2.32. The molecule has 0 spiro atoms. The maximum absolute atomic E-state index is 11.6. The normalized spacial score (nSPS) is 18.4. The van der Waals surface area contributed by atoms with Crippen LogP contribution in [-0.2, 0) is 9.53 Å². The summed E-state index contributed by atoms with van der Waals surface area (Å²) in [6.45, 7) is 3.68. The van der Waals surface area contributed by atoms with Gasteiger partial charge in [-0.05, 0) is 36.1 Å². The number of allylic oxidation sites excluding steroid dienone is 2. The van der Waals surface area contributed by atoms with Gasteiger partial charge in [-0.2, -0.15) is 0 Å². The molecule has 0 saturated heterocycles. The minimum atomic E-state index is -0.380. The minimum Gasteiger partial charge on any atom is -0.458 e. The molecule has 0 amide bonds. The average molecular weight is 291 g/mol. The summed E-state index contributed by atoms with van der Waals surface area (Å²) in [6.07, 6.45) is 4.12. The summed E-state index contributed by atoms with van der Waals surface area (Å²) in [6, 6.07) is 7.10. The first-order chi connectivity index (χ1) is 9.60. The molecule has 20 heavy (non-hydrogen) atoms. The van der Waals surface area contributed by atoms with E-state index in [1.165, 1.54) is 12.2 Å². The van der Waals surface area contributed by atoms with Gasteiger partial charge in [-0.3, -0.25) is 4.79 Å². The summed E-state index contributed by atoms with van der Waals surface area (Å²) in [7, 11) is 0. The summed E-state index contributed by atoms with van der Waals surface area (Å²) in [5.74, 6) is -0.256. The molecule has 4 heteroatoms. The Labute approximate surface area is 122 Å². The first-order valence-corrected chi connectivity index (χ1v) is 6.75. The number of rotatable bonds is 4. The van der Waals surface area contributed by atoms with Crippen LogP contribution in [0, 0.1) is 0 Å². The van der Waals surface area contributed by atoms with Gasteiger partial charge in [-0.25, -0.2) is 4.79 Å². The Kier molecular flexibility index (Phi) is 4.74. The van der Waals surface area contributed by atoms with Gasteiger partial charge < -0.3 is 4.74 Å². The van der Waals surface area contributed by atoms with Gasteiger partial charge in [0.2, 0.25) is 0 Å². The number of benzene rings is 1. The van der Waals surface area contributed by atoms with E-state index >= 15 is 0 Å². The van der Waals surface area contributed by atoms with Crippen LogP contribution < -0.4 is 0 Å². The van der Waals surface area contributed by atoms with Crippen LogP contribution in [-0.4, -0.2) is 18.4 Å². The summed E-state index contributed by atoms with van der Waals surface area (Å²) >= 11 is 5.95. The van der Waals surface area contributed by atoms with E-state index in [4.69, 9.17) is 16.3 Å². The highest BCUT2D eigenvalue weighted by molar-refractivity contribution is 6.31. The van der Waals surface area contributed by atoms with Crippen LogP contribution in [0.3, 0.4) is 0 Å². The smallest absolute Gasteiger partial charge is 0.338 e. The molecule has 0 aliphatic heterocycles. The van der Waals surface area contributed by atoms with Crippen molar-refractivity contribution in [3.63, 3.8) is 0 Å². The molecule has 1 aliphatic rings. The van der Waals surface area contributed by atoms with Gasteiger partial charge >= 0.3 is 5.97 Å². The number of ketones is 1. The van der Waals surface area contributed by atoms with Crippen molar-refractivity contribution in [2.75, 3.05) is 6.61 Å². The number of esters is 1. The monoisotopic (exact) mass is 290 g/mol.